The van der Waals surface area contributed by atoms with Gasteiger partial charge in [0.1, 0.15) is 23.2 Å². The van der Waals surface area contributed by atoms with Crippen LogP contribution in [0.15, 0.2) is 190 Å². The number of hydrogen-bond donors (Lipinski definition) is 1. The minimum absolute atomic E-state index is 0.295. The van der Waals surface area contributed by atoms with Crippen LogP contribution >= 0.6 is 0 Å². The van der Waals surface area contributed by atoms with Crippen molar-refractivity contribution < 1.29 is 4.42 Å². The molecule has 0 amide bonds. The van der Waals surface area contributed by atoms with E-state index in [4.69, 9.17) is 14.4 Å². The van der Waals surface area contributed by atoms with Crippen LogP contribution in [0.4, 0.5) is 0 Å². The van der Waals surface area contributed by atoms with Crippen LogP contribution in [0, 0.1) is 0 Å². The summed E-state index contributed by atoms with van der Waals surface area (Å²) in [5, 5.41) is 5.86. The highest BCUT2D eigenvalue weighted by molar-refractivity contribution is 6.13. The van der Waals surface area contributed by atoms with Crippen LogP contribution in [-0.2, 0) is 0 Å². The van der Waals surface area contributed by atoms with Crippen LogP contribution in [0.2, 0.25) is 0 Å². The van der Waals surface area contributed by atoms with Crippen molar-refractivity contribution >= 4 is 33.6 Å². The lowest BCUT2D eigenvalue weighted by Gasteiger charge is -2.24. The second-order valence-corrected chi connectivity index (χ2v) is 12.3. The van der Waals surface area contributed by atoms with Gasteiger partial charge in [0, 0.05) is 27.5 Å². The molecule has 0 saturated carbocycles. The summed E-state index contributed by atoms with van der Waals surface area (Å²) >= 11 is 0. The summed E-state index contributed by atoms with van der Waals surface area (Å²) in [5.41, 5.74) is 11.6. The number of furan rings is 1. The van der Waals surface area contributed by atoms with Crippen LogP contribution in [0.1, 0.15) is 22.9 Å². The third-order valence-corrected chi connectivity index (χ3v) is 9.16. The molecule has 1 aliphatic rings. The highest BCUT2D eigenvalue weighted by Gasteiger charge is 2.22. The molecule has 8 aromatic rings. The predicted octanol–water partition coefficient (Wildman–Crippen LogP) is 11.1. The van der Waals surface area contributed by atoms with Gasteiger partial charge in [-0.2, -0.15) is 0 Å². The number of para-hydroxylation sites is 1. The fraction of sp³-hybridized carbons (Fsp3) is 0.0222. The van der Waals surface area contributed by atoms with Crippen LogP contribution in [0.5, 0.6) is 0 Å². The standard InChI is InChI=1S/C45H31N3O/c1-4-12-30(13-5-1)35-18-10-19-37(28-35)45-47-43(33-16-8-3-9-17-33)46-44(48-45)34-24-22-32(23-25-34)38-20-11-21-40-39-27-26-36(29-41(39)49-42(38)40)31-14-6-2-7-15-31/h1-29,45H,(H,46,47,48). The number of amidine groups is 2. The summed E-state index contributed by atoms with van der Waals surface area (Å²) in [7, 11) is 0. The average molecular weight is 630 g/mol. The molecule has 0 bridgehead atoms. The van der Waals surface area contributed by atoms with E-state index in [-0.39, 0.29) is 6.17 Å². The Morgan fingerprint density at radius 2 is 1.04 bits per heavy atom. The Labute approximate surface area is 284 Å². The minimum Gasteiger partial charge on any atom is -0.455 e. The molecule has 0 saturated heterocycles. The van der Waals surface area contributed by atoms with E-state index in [1.807, 2.05) is 30.3 Å². The summed E-state index contributed by atoms with van der Waals surface area (Å²) in [6.45, 7) is 0. The van der Waals surface area contributed by atoms with Gasteiger partial charge in [-0.1, -0.05) is 158 Å². The number of aliphatic imine (C=N–C) groups is 2. The number of hydrogen-bond acceptors (Lipinski definition) is 4. The van der Waals surface area contributed by atoms with E-state index in [2.05, 4.69) is 151 Å². The summed E-state index contributed by atoms with van der Waals surface area (Å²) in [6, 6.07) is 61.0. The van der Waals surface area contributed by atoms with Crippen molar-refractivity contribution in [2.24, 2.45) is 9.98 Å². The van der Waals surface area contributed by atoms with Crippen molar-refractivity contribution in [3.05, 3.63) is 193 Å². The SMILES string of the molecule is c1ccc(C2=NC(c3cccc(-c4ccccc4)c3)NC(c3ccc(-c4cccc5c4oc4cc(-c6ccccc6)ccc45)cc3)=N2)cc1. The summed E-state index contributed by atoms with van der Waals surface area (Å²) in [6.07, 6.45) is -0.295. The van der Waals surface area contributed by atoms with Gasteiger partial charge in [-0.05, 0) is 51.6 Å². The number of rotatable bonds is 6. The first-order valence-corrected chi connectivity index (χ1v) is 16.5. The Bertz CT molecular complexity index is 2500. The van der Waals surface area contributed by atoms with E-state index in [1.165, 1.54) is 11.1 Å². The number of nitrogens with one attached hydrogen (secondary N) is 1. The normalized spacial score (nSPS) is 14.3. The maximum Gasteiger partial charge on any atom is 0.159 e. The molecule has 0 fully saturated rings. The number of fused-ring (bicyclic) bond motifs is 3. The quantitative estimate of drug-likeness (QED) is 0.199. The first kappa shape index (κ1) is 28.7. The maximum atomic E-state index is 6.56. The van der Waals surface area contributed by atoms with Crippen molar-refractivity contribution in [1.29, 1.82) is 0 Å². The third-order valence-electron chi connectivity index (χ3n) is 9.16. The van der Waals surface area contributed by atoms with Crippen molar-refractivity contribution in [3.8, 4) is 33.4 Å². The monoisotopic (exact) mass is 629 g/mol. The molecule has 1 aliphatic heterocycles. The molecule has 0 radical (unpaired) electrons. The molecule has 1 atom stereocenters. The molecule has 4 heteroatoms. The van der Waals surface area contributed by atoms with Crippen molar-refractivity contribution in [2.75, 3.05) is 0 Å². The van der Waals surface area contributed by atoms with Crippen LogP contribution in [0.25, 0.3) is 55.3 Å². The van der Waals surface area contributed by atoms with Gasteiger partial charge in [0.05, 0.1) is 0 Å². The van der Waals surface area contributed by atoms with E-state index in [9.17, 15) is 0 Å². The molecule has 0 aliphatic carbocycles. The van der Waals surface area contributed by atoms with Crippen LogP contribution in [-0.4, -0.2) is 11.7 Å². The van der Waals surface area contributed by atoms with Crippen LogP contribution < -0.4 is 5.32 Å². The molecular formula is C45H31N3O. The smallest absolute Gasteiger partial charge is 0.159 e. The van der Waals surface area contributed by atoms with Gasteiger partial charge in [-0.3, -0.25) is 0 Å². The molecule has 7 aromatic carbocycles. The second kappa shape index (κ2) is 12.3. The molecule has 4 nitrogen and oxygen atoms in total. The van der Waals surface area contributed by atoms with E-state index in [0.717, 1.165) is 66.7 Å². The number of benzene rings is 7. The zero-order chi connectivity index (χ0) is 32.6. The van der Waals surface area contributed by atoms with Crippen LogP contribution in [0.3, 0.4) is 0 Å². The molecular weight excluding hydrogens is 599 g/mol. The Morgan fingerprint density at radius 1 is 0.449 bits per heavy atom. The van der Waals surface area contributed by atoms with E-state index in [1.54, 1.807) is 0 Å². The van der Waals surface area contributed by atoms with Crippen molar-refractivity contribution in [1.82, 2.24) is 5.32 Å². The maximum absolute atomic E-state index is 6.56. The molecule has 232 valence electrons. The molecule has 1 aromatic heterocycles. The van der Waals surface area contributed by atoms with E-state index < -0.39 is 0 Å². The Morgan fingerprint density at radius 3 is 1.76 bits per heavy atom. The predicted molar refractivity (Wildman–Crippen MR) is 202 cm³/mol. The zero-order valence-corrected chi connectivity index (χ0v) is 26.6. The van der Waals surface area contributed by atoms with Gasteiger partial charge in [0.2, 0.25) is 0 Å². The molecule has 9 rings (SSSR count). The molecule has 1 unspecified atom stereocenters. The summed E-state index contributed by atoms with van der Waals surface area (Å²) in [4.78, 5) is 10.1. The first-order valence-electron chi connectivity index (χ1n) is 16.5. The summed E-state index contributed by atoms with van der Waals surface area (Å²) < 4.78 is 6.56. The number of nitrogens with zero attached hydrogens (tertiary/aromatic N) is 2. The van der Waals surface area contributed by atoms with Gasteiger partial charge in [-0.25, -0.2) is 9.98 Å². The lowest BCUT2D eigenvalue weighted by atomic mass is 9.99. The van der Waals surface area contributed by atoms with Gasteiger partial charge in [0.15, 0.2) is 5.84 Å². The molecule has 1 N–H and O–H groups in total. The zero-order valence-electron chi connectivity index (χ0n) is 26.6. The Balaban J connectivity index is 1.07. The molecule has 2 heterocycles. The van der Waals surface area contributed by atoms with E-state index in [0.29, 0.717) is 5.84 Å². The Hall–Kier alpha value is -6.52. The van der Waals surface area contributed by atoms with Gasteiger partial charge >= 0.3 is 0 Å². The third kappa shape index (κ3) is 5.49. The van der Waals surface area contributed by atoms with Gasteiger partial charge in [0.25, 0.3) is 0 Å². The topological polar surface area (TPSA) is 49.9 Å². The lowest BCUT2D eigenvalue weighted by molar-refractivity contribution is 0.670. The summed E-state index contributed by atoms with van der Waals surface area (Å²) in [5.74, 6) is 1.49. The largest absolute Gasteiger partial charge is 0.455 e. The molecule has 49 heavy (non-hydrogen) atoms. The lowest BCUT2D eigenvalue weighted by Crippen LogP contribution is -2.33. The molecule has 0 spiro atoms. The fourth-order valence-electron chi connectivity index (χ4n) is 6.65. The first-order chi connectivity index (χ1) is 24.3. The van der Waals surface area contributed by atoms with Crippen molar-refractivity contribution in [2.45, 2.75) is 6.17 Å². The minimum atomic E-state index is -0.295. The highest BCUT2D eigenvalue weighted by Crippen LogP contribution is 2.37. The fourth-order valence-corrected chi connectivity index (χ4v) is 6.65. The van der Waals surface area contributed by atoms with E-state index >= 15 is 0 Å². The Kier molecular flexibility index (Phi) is 7.17. The second-order valence-electron chi connectivity index (χ2n) is 12.3. The average Bonchev–Trinajstić information content (AvgIpc) is 3.57. The van der Waals surface area contributed by atoms with Crippen molar-refractivity contribution in [3.63, 3.8) is 0 Å². The highest BCUT2D eigenvalue weighted by atomic mass is 16.3. The van der Waals surface area contributed by atoms with Gasteiger partial charge < -0.3 is 9.73 Å². The van der Waals surface area contributed by atoms with Gasteiger partial charge in [-0.15, -0.1) is 0 Å².